The van der Waals surface area contributed by atoms with Crippen molar-refractivity contribution in [3.05, 3.63) is 101 Å². The molecule has 3 aromatic rings. The van der Waals surface area contributed by atoms with Gasteiger partial charge in [0.25, 0.3) is 0 Å². The average molecular weight is 632 g/mol. The number of carbonyl (C=O) groups excluding carboxylic acids is 2. The van der Waals surface area contributed by atoms with Crippen LogP contribution in [0.3, 0.4) is 0 Å². The van der Waals surface area contributed by atoms with E-state index < -0.39 is 27.8 Å². The van der Waals surface area contributed by atoms with E-state index in [2.05, 4.69) is 5.32 Å². The van der Waals surface area contributed by atoms with Crippen LogP contribution in [0, 0.1) is 6.92 Å². The molecule has 0 aliphatic carbocycles. The van der Waals surface area contributed by atoms with Crippen LogP contribution in [-0.2, 0) is 38.8 Å². The van der Waals surface area contributed by atoms with E-state index in [9.17, 15) is 31.2 Å². The van der Waals surface area contributed by atoms with Crippen LogP contribution in [0.15, 0.2) is 78.9 Å². The minimum atomic E-state index is -4.64. The number of rotatable bonds is 15. The van der Waals surface area contributed by atoms with E-state index in [0.29, 0.717) is 6.54 Å². The van der Waals surface area contributed by atoms with E-state index in [4.69, 9.17) is 0 Å². The first-order chi connectivity index (χ1) is 20.8. The number of aryl methyl sites for hydroxylation is 1. The molecule has 11 heteroatoms. The molecule has 0 heterocycles. The van der Waals surface area contributed by atoms with E-state index >= 15 is 0 Å². The molecule has 0 saturated heterocycles. The Bertz CT molecular complexity index is 1500. The van der Waals surface area contributed by atoms with Crippen molar-refractivity contribution >= 4 is 27.5 Å². The number of anilines is 1. The van der Waals surface area contributed by atoms with E-state index in [1.807, 2.05) is 68.4 Å². The Kier molecular flexibility index (Phi) is 12.4. The lowest BCUT2D eigenvalue weighted by Gasteiger charge is -2.32. The Morgan fingerprint density at radius 2 is 1.61 bits per heavy atom. The van der Waals surface area contributed by atoms with Crippen molar-refractivity contribution in [3.8, 4) is 0 Å². The summed E-state index contributed by atoms with van der Waals surface area (Å²) in [6, 6.07) is 20.2. The minimum Gasteiger partial charge on any atom is -0.354 e. The van der Waals surface area contributed by atoms with E-state index in [1.54, 1.807) is 0 Å². The van der Waals surface area contributed by atoms with Gasteiger partial charge in [0.15, 0.2) is 0 Å². The highest BCUT2D eigenvalue weighted by Crippen LogP contribution is 2.32. The summed E-state index contributed by atoms with van der Waals surface area (Å²) >= 11 is 0. The van der Waals surface area contributed by atoms with Gasteiger partial charge in [0.1, 0.15) is 6.04 Å². The molecule has 0 aliphatic heterocycles. The van der Waals surface area contributed by atoms with Crippen molar-refractivity contribution < 1.29 is 31.2 Å². The fourth-order valence-electron chi connectivity index (χ4n) is 4.87. The number of amides is 2. The number of carbonyl (C=O) groups is 2. The number of benzene rings is 3. The van der Waals surface area contributed by atoms with Gasteiger partial charge in [-0.2, -0.15) is 13.2 Å². The Morgan fingerprint density at radius 3 is 2.25 bits per heavy atom. The van der Waals surface area contributed by atoms with Crippen molar-refractivity contribution in [1.29, 1.82) is 0 Å². The molecule has 0 saturated carbocycles. The van der Waals surface area contributed by atoms with Crippen LogP contribution in [0.4, 0.5) is 18.9 Å². The van der Waals surface area contributed by atoms with Crippen LogP contribution < -0.4 is 9.62 Å². The van der Waals surface area contributed by atoms with Gasteiger partial charge in [-0.1, -0.05) is 74.0 Å². The maximum absolute atomic E-state index is 13.9. The van der Waals surface area contributed by atoms with E-state index in [-0.39, 0.29) is 49.9 Å². The summed E-state index contributed by atoms with van der Waals surface area (Å²) < 4.78 is 66.1. The van der Waals surface area contributed by atoms with Crippen molar-refractivity contribution in [2.45, 2.75) is 64.7 Å². The Morgan fingerprint density at radius 1 is 0.932 bits per heavy atom. The molecule has 3 rings (SSSR count). The number of alkyl halides is 3. The summed E-state index contributed by atoms with van der Waals surface area (Å²) in [5.74, 6) is -0.650. The van der Waals surface area contributed by atoms with Crippen molar-refractivity contribution in [3.63, 3.8) is 0 Å². The van der Waals surface area contributed by atoms with Crippen molar-refractivity contribution in [2.24, 2.45) is 0 Å². The maximum atomic E-state index is 13.9. The standard InChI is InChI=1S/C33H40F3N3O4S/c1-4-5-20-37-32(41)30(22-26-14-7-6-8-15-26)38(24-27-16-10-9-13-25(27)2)31(40)19-12-21-39(44(3,42)43)29-18-11-17-28(23-29)33(34,35)36/h6-11,13-18,23,30H,4-5,12,19-22,24H2,1-3H3,(H,37,41)/t30-/m1/s1. The number of sulfonamides is 1. The lowest BCUT2D eigenvalue weighted by Crippen LogP contribution is -2.50. The van der Waals surface area contributed by atoms with Crippen LogP contribution in [0.1, 0.15) is 54.9 Å². The molecular formula is C33H40F3N3O4S. The predicted molar refractivity (Wildman–Crippen MR) is 166 cm³/mol. The Hall–Kier alpha value is -3.86. The van der Waals surface area contributed by atoms with E-state index in [1.165, 1.54) is 11.0 Å². The van der Waals surface area contributed by atoms with Gasteiger partial charge < -0.3 is 10.2 Å². The van der Waals surface area contributed by atoms with Gasteiger partial charge in [-0.05, 0) is 54.7 Å². The highest BCUT2D eigenvalue weighted by Gasteiger charge is 2.33. The van der Waals surface area contributed by atoms with Gasteiger partial charge in [-0.25, -0.2) is 8.42 Å². The largest absolute Gasteiger partial charge is 0.416 e. The molecule has 44 heavy (non-hydrogen) atoms. The third-order valence-electron chi connectivity index (χ3n) is 7.32. The molecular weight excluding hydrogens is 591 g/mol. The highest BCUT2D eigenvalue weighted by atomic mass is 32.2. The Labute approximate surface area is 258 Å². The van der Waals surface area contributed by atoms with Crippen LogP contribution in [0.2, 0.25) is 0 Å². The maximum Gasteiger partial charge on any atom is 0.416 e. The zero-order valence-corrected chi connectivity index (χ0v) is 26.1. The zero-order chi connectivity index (χ0) is 32.3. The molecule has 0 unspecified atom stereocenters. The summed E-state index contributed by atoms with van der Waals surface area (Å²) in [6.07, 6.45) is -1.88. The summed E-state index contributed by atoms with van der Waals surface area (Å²) in [4.78, 5) is 29.0. The molecule has 1 N–H and O–H groups in total. The zero-order valence-electron chi connectivity index (χ0n) is 25.3. The predicted octanol–water partition coefficient (Wildman–Crippen LogP) is 6.12. The molecule has 1 atom stereocenters. The van der Waals surface area contributed by atoms with Crippen LogP contribution in [0.25, 0.3) is 0 Å². The van der Waals surface area contributed by atoms with Gasteiger partial charge in [0.2, 0.25) is 21.8 Å². The number of hydrogen-bond donors (Lipinski definition) is 1. The molecule has 0 radical (unpaired) electrons. The number of nitrogens with zero attached hydrogens (tertiary/aromatic N) is 2. The third kappa shape index (κ3) is 10.1. The molecule has 0 aliphatic rings. The summed E-state index contributed by atoms with van der Waals surface area (Å²) in [6.45, 7) is 4.35. The summed E-state index contributed by atoms with van der Waals surface area (Å²) in [5.41, 5.74) is 1.58. The molecule has 0 fully saturated rings. The minimum absolute atomic E-state index is 0.0297. The van der Waals surface area contributed by atoms with Crippen LogP contribution in [0.5, 0.6) is 0 Å². The first-order valence-electron chi connectivity index (χ1n) is 14.6. The number of nitrogens with one attached hydrogen (secondary N) is 1. The number of halogens is 3. The highest BCUT2D eigenvalue weighted by molar-refractivity contribution is 7.92. The Balaban J connectivity index is 1.89. The van der Waals surface area contributed by atoms with Crippen molar-refractivity contribution in [2.75, 3.05) is 23.7 Å². The fourth-order valence-corrected chi connectivity index (χ4v) is 5.83. The van der Waals surface area contributed by atoms with Gasteiger partial charge in [-0.3, -0.25) is 13.9 Å². The quantitative estimate of drug-likeness (QED) is 0.205. The summed E-state index contributed by atoms with van der Waals surface area (Å²) in [7, 11) is -3.96. The monoisotopic (exact) mass is 631 g/mol. The van der Waals surface area contributed by atoms with E-state index in [0.717, 1.165) is 58.3 Å². The lowest BCUT2D eigenvalue weighted by atomic mass is 10.0. The van der Waals surface area contributed by atoms with Crippen LogP contribution in [-0.4, -0.2) is 50.5 Å². The molecule has 7 nitrogen and oxygen atoms in total. The van der Waals surface area contributed by atoms with Crippen LogP contribution >= 0.6 is 0 Å². The normalized spacial score (nSPS) is 12.4. The van der Waals surface area contributed by atoms with Gasteiger partial charge in [-0.15, -0.1) is 0 Å². The smallest absolute Gasteiger partial charge is 0.354 e. The topological polar surface area (TPSA) is 86.8 Å². The molecule has 3 aromatic carbocycles. The second-order valence-corrected chi connectivity index (χ2v) is 12.7. The molecule has 0 bridgehead atoms. The fraction of sp³-hybridized carbons (Fsp3) is 0.394. The van der Waals surface area contributed by atoms with Gasteiger partial charge in [0, 0.05) is 32.5 Å². The van der Waals surface area contributed by atoms with Crippen molar-refractivity contribution in [1.82, 2.24) is 10.2 Å². The first kappa shape index (κ1) is 34.6. The molecule has 238 valence electrons. The molecule has 2 amide bonds. The molecule has 0 spiro atoms. The first-order valence-corrected chi connectivity index (χ1v) is 16.5. The lowest BCUT2D eigenvalue weighted by molar-refractivity contribution is -0.141. The second-order valence-electron chi connectivity index (χ2n) is 10.8. The number of unbranched alkanes of at least 4 members (excludes halogenated alkanes) is 1. The number of hydrogen-bond acceptors (Lipinski definition) is 4. The average Bonchev–Trinajstić information content (AvgIpc) is 2.97. The van der Waals surface area contributed by atoms with Gasteiger partial charge >= 0.3 is 6.18 Å². The second kappa shape index (κ2) is 15.7. The van der Waals surface area contributed by atoms with Gasteiger partial charge in [0.05, 0.1) is 17.5 Å². The molecule has 0 aromatic heterocycles. The third-order valence-corrected chi connectivity index (χ3v) is 8.51. The SMILES string of the molecule is CCCCNC(=O)[C@@H](Cc1ccccc1)N(Cc1ccccc1C)C(=O)CCCN(c1cccc(C(F)(F)F)c1)S(C)(=O)=O. The summed E-state index contributed by atoms with van der Waals surface area (Å²) in [5, 5.41) is 2.96.